The van der Waals surface area contributed by atoms with E-state index in [-0.39, 0.29) is 5.75 Å². The molecule has 0 saturated heterocycles. The Kier molecular flexibility index (Phi) is 2.79. The lowest BCUT2D eigenvalue weighted by atomic mass is 10.1. The average Bonchev–Trinajstić information content (AvgIpc) is 2.82. The fraction of sp³-hybridized carbons (Fsp3) is 0.0833. The molecule has 2 aromatic heterocycles. The predicted molar refractivity (Wildman–Crippen MR) is 63.8 cm³/mol. The number of nitrogens with zero attached hydrogens (tertiary/aromatic N) is 3. The molecule has 0 fully saturated rings. The molecule has 5 nitrogen and oxygen atoms in total. The Hall–Kier alpha value is -2.57. The lowest BCUT2D eigenvalue weighted by Crippen LogP contribution is -2.03. The van der Waals surface area contributed by atoms with Crippen molar-refractivity contribution >= 4 is 11.0 Å². The van der Waals surface area contributed by atoms with E-state index in [0.717, 1.165) is 0 Å². The van der Waals surface area contributed by atoms with E-state index in [1.165, 1.54) is 12.4 Å². The van der Waals surface area contributed by atoms with Gasteiger partial charge in [0.05, 0.1) is 6.20 Å². The van der Waals surface area contributed by atoms with Gasteiger partial charge in [0.15, 0.2) is 0 Å². The zero-order chi connectivity index (χ0) is 13.2. The van der Waals surface area contributed by atoms with Crippen LogP contribution in [0.2, 0.25) is 0 Å². The SMILES string of the molecule is FC(F)Oc1ccccc1-c1n[nH]c2cncnc12. The molecule has 0 saturated carbocycles. The van der Waals surface area contributed by atoms with Gasteiger partial charge in [-0.15, -0.1) is 0 Å². The number of hydrogen-bond donors (Lipinski definition) is 1. The number of rotatable bonds is 3. The highest BCUT2D eigenvalue weighted by molar-refractivity contribution is 5.90. The third-order valence-electron chi connectivity index (χ3n) is 2.58. The summed E-state index contributed by atoms with van der Waals surface area (Å²) in [6, 6.07) is 6.44. The topological polar surface area (TPSA) is 63.7 Å². The van der Waals surface area contributed by atoms with Crippen LogP contribution in [0.25, 0.3) is 22.3 Å². The van der Waals surface area contributed by atoms with Crippen molar-refractivity contribution in [3.8, 4) is 17.0 Å². The van der Waals surface area contributed by atoms with Crippen molar-refractivity contribution in [1.82, 2.24) is 20.2 Å². The Morgan fingerprint density at radius 3 is 2.89 bits per heavy atom. The van der Waals surface area contributed by atoms with Gasteiger partial charge >= 0.3 is 6.61 Å². The van der Waals surface area contributed by atoms with Crippen LogP contribution in [-0.4, -0.2) is 26.8 Å². The van der Waals surface area contributed by atoms with Gasteiger partial charge < -0.3 is 4.74 Å². The van der Waals surface area contributed by atoms with Crippen LogP contribution < -0.4 is 4.74 Å². The molecule has 7 heteroatoms. The van der Waals surface area contributed by atoms with Gasteiger partial charge in [0, 0.05) is 5.56 Å². The van der Waals surface area contributed by atoms with Crippen LogP contribution in [-0.2, 0) is 0 Å². The lowest BCUT2D eigenvalue weighted by molar-refractivity contribution is -0.0494. The van der Waals surface area contributed by atoms with Crippen molar-refractivity contribution in [3.05, 3.63) is 36.8 Å². The van der Waals surface area contributed by atoms with Gasteiger partial charge in [-0.1, -0.05) is 12.1 Å². The maximum absolute atomic E-state index is 12.4. The number of fused-ring (bicyclic) bond motifs is 1. The van der Waals surface area contributed by atoms with Gasteiger partial charge in [-0.2, -0.15) is 13.9 Å². The summed E-state index contributed by atoms with van der Waals surface area (Å²) >= 11 is 0. The molecule has 0 spiro atoms. The highest BCUT2D eigenvalue weighted by Crippen LogP contribution is 2.32. The van der Waals surface area contributed by atoms with E-state index in [9.17, 15) is 8.78 Å². The van der Waals surface area contributed by atoms with Gasteiger partial charge in [0.2, 0.25) is 0 Å². The summed E-state index contributed by atoms with van der Waals surface area (Å²) in [7, 11) is 0. The molecule has 3 rings (SSSR count). The van der Waals surface area contributed by atoms with Gasteiger partial charge in [-0.25, -0.2) is 9.97 Å². The first-order valence-electron chi connectivity index (χ1n) is 5.44. The van der Waals surface area contributed by atoms with Crippen molar-refractivity contribution < 1.29 is 13.5 Å². The number of alkyl halides is 2. The zero-order valence-electron chi connectivity index (χ0n) is 9.55. The fourth-order valence-electron chi connectivity index (χ4n) is 1.82. The fourth-order valence-corrected chi connectivity index (χ4v) is 1.82. The molecule has 0 amide bonds. The number of aromatic nitrogens is 4. The number of ether oxygens (including phenoxy) is 1. The maximum Gasteiger partial charge on any atom is 0.387 e. The smallest absolute Gasteiger partial charge is 0.387 e. The second-order valence-corrected chi connectivity index (χ2v) is 3.73. The minimum atomic E-state index is -2.89. The molecule has 19 heavy (non-hydrogen) atoms. The molecule has 0 bridgehead atoms. The molecule has 96 valence electrons. The molecular weight excluding hydrogens is 254 g/mol. The van der Waals surface area contributed by atoms with E-state index >= 15 is 0 Å². The van der Waals surface area contributed by atoms with Gasteiger partial charge in [0.1, 0.15) is 28.8 Å². The minimum Gasteiger partial charge on any atom is -0.434 e. The molecule has 1 aromatic carbocycles. The monoisotopic (exact) mass is 262 g/mol. The first-order chi connectivity index (χ1) is 9.25. The van der Waals surface area contributed by atoms with Crippen LogP contribution in [0.3, 0.4) is 0 Å². The third kappa shape index (κ3) is 2.10. The Labute approximate surface area is 106 Å². The standard InChI is InChI=1S/C12H8F2N4O/c13-12(14)19-9-4-2-1-3-7(9)10-11-8(17-18-10)5-15-6-16-11/h1-6,12H,(H,17,18). The summed E-state index contributed by atoms with van der Waals surface area (Å²) in [6.45, 7) is -2.89. The molecular formula is C12H8F2N4O. The third-order valence-corrected chi connectivity index (χ3v) is 2.58. The normalized spacial score (nSPS) is 11.1. The Bertz CT molecular complexity index is 714. The van der Waals surface area contributed by atoms with Crippen molar-refractivity contribution in [2.24, 2.45) is 0 Å². The van der Waals surface area contributed by atoms with E-state index in [1.807, 2.05) is 0 Å². The molecule has 0 aliphatic rings. The van der Waals surface area contributed by atoms with Crippen LogP contribution >= 0.6 is 0 Å². The number of H-pyrrole nitrogens is 1. The molecule has 0 unspecified atom stereocenters. The van der Waals surface area contributed by atoms with E-state index in [2.05, 4.69) is 24.9 Å². The molecule has 0 aliphatic heterocycles. The average molecular weight is 262 g/mol. The Balaban J connectivity index is 2.16. The summed E-state index contributed by atoms with van der Waals surface area (Å²) in [5.74, 6) is 0.0597. The summed E-state index contributed by atoms with van der Waals surface area (Å²) in [5, 5.41) is 6.83. The number of nitrogens with one attached hydrogen (secondary N) is 1. The van der Waals surface area contributed by atoms with Gasteiger partial charge in [0.25, 0.3) is 0 Å². The molecule has 2 heterocycles. The highest BCUT2D eigenvalue weighted by atomic mass is 19.3. The predicted octanol–water partition coefficient (Wildman–Crippen LogP) is 2.62. The number of halogens is 2. The summed E-state index contributed by atoms with van der Waals surface area (Å²) < 4.78 is 29.2. The zero-order valence-corrected chi connectivity index (χ0v) is 9.55. The van der Waals surface area contributed by atoms with E-state index < -0.39 is 6.61 Å². The molecule has 0 radical (unpaired) electrons. The van der Waals surface area contributed by atoms with E-state index in [0.29, 0.717) is 22.3 Å². The van der Waals surface area contributed by atoms with Crippen LogP contribution in [0.1, 0.15) is 0 Å². The van der Waals surface area contributed by atoms with Crippen molar-refractivity contribution in [2.45, 2.75) is 6.61 Å². The Morgan fingerprint density at radius 1 is 1.21 bits per heavy atom. The van der Waals surface area contributed by atoms with E-state index in [1.54, 1.807) is 24.4 Å². The molecule has 0 atom stereocenters. The lowest BCUT2D eigenvalue weighted by Gasteiger charge is -2.08. The molecule has 0 aliphatic carbocycles. The van der Waals surface area contributed by atoms with Crippen LogP contribution in [0.4, 0.5) is 8.78 Å². The summed E-state index contributed by atoms with van der Waals surface area (Å²) in [6.07, 6.45) is 2.94. The number of aromatic amines is 1. The second-order valence-electron chi connectivity index (χ2n) is 3.73. The van der Waals surface area contributed by atoms with Crippen LogP contribution in [0.5, 0.6) is 5.75 Å². The van der Waals surface area contributed by atoms with Gasteiger partial charge in [-0.05, 0) is 12.1 Å². The van der Waals surface area contributed by atoms with Crippen molar-refractivity contribution in [2.75, 3.05) is 0 Å². The molecule has 3 aromatic rings. The first-order valence-corrected chi connectivity index (χ1v) is 5.44. The number of para-hydroxylation sites is 1. The number of hydrogen-bond acceptors (Lipinski definition) is 4. The summed E-state index contributed by atoms with van der Waals surface area (Å²) in [5.41, 5.74) is 2.09. The quantitative estimate of drug-likeness (QED) is 0.788. The largest absolute Gasteiger partial charge is 0.434 e. The minimum absolute atomic E-state index is 0.0597. The van der Waals surface area contributed by atoms with Crippen molar-refractivity contribution in [3.63, 3.8) is 0 Å². The highest BCUT2D eigenvalue weighted by Gasteiger charge is 2.16. The van der Waals surface area contributed by atoms with E-state index in [4.69, 9.17) is 0 Å². The van der Waals surface area contributed by atoms with Crippen LogP contribution in [0.15, 0.2) is 36.8 Å². The first kappa shape index (κ1) is 11.5. The van der Waals surface area contributed by atoms with Crippen LogP contribution in [0, 0.1) is 0 Å². The molecule has 1 N–H and O–H groups in total. The summed E-state index contributed by atoms with van der Waals surface area (Å²) in [4.78, 5) is 7.95. The Morgan fingerprint density at radius 2 is 2.05 bits per heavy atom. The second kappa shape index (κ2) is 4.60. The number of benzene rings is 1. The maximum atomic E-state index is 12.4. The van der Waals surface area contributed by atoms with Gasteiger partial charge in [-0.3, -0.25) is 5.10 Å². The van der Waals surface area contributed by atoms with Crippen molar-refractivity contribution in [1.29, 1.82) is 0 Å².